The molecule has 10 aromatic carbocycles. The highest BCUT2D eigenvalue weighted by molar-refractivity contribution is 5.80. The van der Waals surface area contributed by atoms with Crippen LogP contribution in [0.5, 0.6) is 0 Å². The summed E-state index contributed by atoms with van der Waals surface area (Å²) >= 11 is 0. The molecule has 304 valence electrons. The van der Waals surface area contributed by atoms with Gasteiger partial charge in [-0.3, -0.25) is 0 Å². The minimum atomic E-state index is -0.492. The molecule has 0 unspecified atom stereocenters. The Bertz CT molecular complexity index is 2860. The van der Waals surface area contributed by atoms with E-state index in [1.54, 1.807) is 0 Å². The summed E-state index contributed by atoms with van der Waals surface area (Å²) < 4.78 is 62.8. The second-order valence-electron chi connectivity index (χ2n) is 16.2. The first kappa shape index (κ1) is 38.8. The van der Waals surface area contributed by atoms with E-state index in [0.717, 1.165) is 66.8 Å². The third-order valence-electron chi connectivity index (χ3n) is 12.4. The predicted octanol–water partition coefficient (Wildman–Crippen LogP) is 17.2. The molecule has 0 spiro atoms. The predicted molar refractivity (Wildman–Crippen MR) is 254 cm³/mol. The third kappa shape index (κ3) is 7.29. The van der Waals surface area contributed by atoms with Gasteiger partial charge in [-0.05, 0) is 113 Å². The van der Waals surface area contributed by atoms with Crippen LogP contribution in [0, 0.1) is 23.3 Å². The first-order valence-corrected chi connectivity index (χ1v) is 21.1. The highest BCUT2D eigenvalue weighted by Crippen LogP contribution is 2.37. The zero-order valence-electron chi connectivity index (χ0n) is 34.3. The van der Waals surface area contributed by atoms with Crippen molar-refractivity contribution < 1.29 is 17.6 Å². The minimum Gasteiger partial charge on any atom is -0.206 e. The number of hydrogen-bond acceptors (Lipinski definition) is 0. The molecule has 0 atom stereocenters. The van der Waals surface area contributed by atoms with E-state index in [2.05, 4.69) is 48.5 Å². The van der Waals surface area contributed by atoms with Gasteiger partial charge in [0.15, 0.2) is 0 Å². The second kappa shape index (κ2) is 16.0. The molecular formula is C60H36F4. The van der Waals surface area contributed by atoms with Crippen molar-refractivity contribution in [2.24, 2.45) is 0 Å². The van der Waals surface area contributed by atoms with Crippen LogP contribution in [0.2, 0.25) is 0 Å². The summed E-state index contributed by atoms with van der Waals surface area (Å²) in [5.74, 6) is -1.97. The van der Waals surface area contributed by atoms with Crippen molar-refractivity contribution in [3.05, 3.63) is 242 Å². The van der Waals surface area contributed by atoms with Crippen LogP contribution in [0.4, 0.5) is 17.6 Å². The monoisotopic (exact) mass is 832 g/mol. The fraction of sp³-hybridized carbons (Fsp3) is 0. The number of benzene rings is 10. The van der Waals surface area contributed by atoms with Gasteiger partial charge in [0, 0.05) is 22.3 Å². The number of rotatable bonds is 0. The van der Waals surface area contributed by atoms with Gasteiger partial charge in [-0.1, -0.05) is 194 Å². The lowest BCUT2D eigenvalue weighted by molar-refractivity contribution is 0.606. The average Bonchev–Trinajstić information content (AvgIpc) is 3.35. The van der Waals surface area contributed by atoms with E-state index in [1.165, 1.54) is 24.3 Å². The minimum absolute atomic E-state index is 0.205. The Morgan fingerprint density at radius 3 is 0.344 bits per heavy atom. The maximum atomic E-state index is 15.7. The maximum Gasteiger partial charge on any atom is 0.131 e. The maximum absolute atomic E-state index is 15.7. The topological polar surface area (TPSA) is 0 Å². The molecule has 38 rings (SSSR count). The summed E-state index contributed by atoms with van der Waals surface area (Å²) in [6.45, 7) is 0. The molecule has 0 aromatic heterocycles. The van der Waals surface area contributed by atoms with E-state index in [9.17, 15) is 0 Å². The van der Waals surface area contributed by atoms with E-state index in [1.807, 2.05) is 146 Å². The SMILES string of the molecule is Fc1cc2c(F)cc1-c1ccc(cc1)-c1ccc(cc1)-c1ccc(cc1)-c1ccc(cc1)-c1cc(F)c(cc1F)-c1ccc(cc1)-c1ccc(cc1)-c1ccc(cc1)-c1ccc-2cc1. The van der Waals surface area contributed by atoms with Crippen molar-refractivity contribution in [1.29, 1.82) is 0 Å². The molecule has 4 heteroatoms. The quantitative estimate of drug-likeness (QED) is 0.134. The molecule has 0 heterocycles. The normalized spacial score (nSPS) is 11.4. The van der Waals surface area contributed by atoms with Crippen molar-refractivity contribution in [3.8, 4) is 111 Å². The molecule has 10 aromatic rings. The van der Waals surface area contributed by atoms with E-state index >= 15 is 17.6 Å². The molecule has 0 saturated heterocycles. The second-order valence-corrected chi connectivity index (χ2v) is 16.2. The zero-order valence-corrected chi connectivity index (χ0v) is 34.3. The van der Waals surface area contributed by atoms with Gasteiger partial charge in [0.25, 0.3) is 0 Å². The first-order chi connectivity index (χ1) is 31.3. The Hall–Kier alpha value is -8.08. The molecule has 0 amide bonds. The Morgan fingerprint density at radius 1 is 0.141 bits per heavy atom. The molecule has 0 fully saturated rings. The lowest BCUT2D eigenvalue weighted by atomic mass is 9.94. The van der Waals surface area contributed by atoms with E-state index in [-0.39, 0.29) is 22.3 Å². The molecule has 0 nitrogen and oxygen atoms in total. The molecule has 0 N–H and O–H groups in total. The van der Waals surface area contributed by atoms with Crippen molar-refractivity contribution in [1.82, 2.24) is 0 Å². The van der Waals surface area contributed by atoms with Crippen LogP contribution in [-0.2, 0) is 0 Å². The molecule has 28 aliphatic carbocycles. The van der Waals surface area contributed by atoms with Crippen molar-refractivity contribution in [2.75, 3.05) is 0 Å². The fourth-order valence-electron chi connectivity index (χ4n) is 8.77. The highest BCUT2D eigenvalue weighted by Gasteiger charge is 2.16. The van der Waals surface area contributed by atoms with Gasteiger partial charge in [0.05, 0.1) is 0 Å². The van der Waals surface area contributed by atoms with Crippen molar-refractivity contribution >= 4 is 0 Å². The third-order valence-corrected chi connectivity index (χ3v) is 12.4. The van der Waals surface area contributed by atoms with E-state index in [0.29, 0.717) is 22.3 Å². The fourth-order valence-corrected chi connectivity index (χ4v) is 8.77. The van der Waals surface area contributed by atoms with Gasteiger partial charge < -0.3 is 0 Å². The van der Waals surface area contributed by atoms with Crippen LogP contribution >= 0.6 is 0 Å². The molecule has 28 aliphatic rings. The average molecular weight is 833 g/mol. The van der Waals surface area contributed by atoms with E-state index in [4.69, 9.17) is 0 Å². The number of halogens is 4. The van der Waals surface area contributed by atoms with Gasteiger partial charge in [0.2, 0.25) is 0 Å². The molecule has 0 saturated carbocycles. The summed E-state index contributed by atoms with van der Waals surface area (Å²) in [5, 5.41) is 0. The highest BCUT2D eigenvalue weighted by atomic mass is 19.1. The molecule has 0 radical (unpaired) electrons. The summed E-state index contributed by atoms with van der Waals surface area (Å²) in [5.41, 5.74) is 15.2. The molecule has 0 aliphatic heterocycles. The lowest BCUT2D eigenvalue weighted by Gasteiger charge is -2.12. The standard InChI is InChI=1S/C60H36F4/c61-57-34-54-51-29-21-47(22-30-51)43-13-5-39(6-14-43)40-7-15-44(16-8-40)48-23-31-52(32-24-48)56-36-59(63)55(35-60(56)64)50-27-19-46(20-28-50)42-11-3-38(4-12-42)37-1-9-41(10-2-37)45-17-25-49(26-18-45)53(57)33-58(54)62/h1-36H. The number of hydrogen-bond donors (Lipinski definition) is 0. The molecular weight excluding hydrogens is 797 g/mol. The molecule has 20 bridgehead atoms. The van der Waals surface area contributed by atoms with Crippen molar-refractivity contribution in [3.63, 3.8) is 0 Å². The summed E-state index contributed by atoms with van der Waals surface area (Å²) in [6, 6.07) is 68.0. The van der Waals surface area contributed by atoms with Gasteiger partial charge >= 0.3 is 0 Å². The Kier molecular flexibility index (Phi) is 9.70. The van der Waals surface area contributed by atoms with Gasteiger partial charge in [0.1, 0.15) is 23.3 Å². The summed E-state index contributed by atoms with van der Waals surface area (Å²) in [7, 11) is 0. The Balaban J connectivity index is 0.936. The van der Waals surface area contributed by atoms with Gasteiger partial charge in [-0.2, -0.15) is 0 Å². The van der Waals surface area contributed by atoms with Crippen LogP contribution in [0.3, 0.4) is 0 Å². The smallest absolute Gasteiger partial charge is 0.131 e. The summed E-state index contributed by atoms with van der Waals surface area (Å²) in [4.78, 5) is 0. The Morgan fingerprint density at radius 2 is 0.234 bits per heavy atom. The van der Waals surface area contributed by atoms with Crippen LogP contribution in [0.1, 0.15) is 0 Å². The first-order valence-electron chi connectivity index (χ1n) is 21.1. The largest absolute Gasteiger partial charge is 0.206 e. The van der Waals surface area contributed by atoms with Crippen LogP contribution < -0.4 is 0 Å². The van der Waals surface area contributed by atoms with Crippen LogP contribution in [-0.4, -0.2) is 0 Å². The van der Waals surface area contributed by atoms with Crippen LogP contribution in [0.25, 0.3) is 111 Å². The molecule has 64 heavy (non-hydrogen) atoms. The van der Waals surface area contributed by atoms with Crippen molar-refractivity contribution in [2.45, 2.75) is 0 Å². The van der Waals surface area contributed by atoms with Crippen LogP contribution in [0.15, 0.2) is 218 Å². The van der Waals surface area contributed by atoms with Gasteiger partial charge in [-0.25, -0.2) is 17.6 Å². The van der Waals surface area contributed by atoms with E-state index < -0.39 is 23.3 Å². The van der Waals surface area contributed by atoms with Gasteiger partial charge in [-0.15, -0.1) is 0 Å². The lowest BCUT2D eigenvalue weighted by Crippen LogP contribution is -1.92. The zero-order chi connectivity index (χ0) is 43.3. The summed E-state index contributed by atoms with van der Waals surface area (Å²) in [6.07, 6.45) is 0. The Labute approximate surface area is 369 Å².